The van der Waals surface area contributed by atoms with Crippen LogP contribution < -0.4 is 25.4 Å². The average molecular weight is 638 g/mol. The van der Waals surface area contributed by atoms with E-state index in [1.54, 1.807) is 72.2 Å². The van der Waals surface area contributed by atoms with Gasteiger partial charge in [0.05, 0.1) is 26.1 Å². The number of aliphatic hydroxyl groups is 1. The molecule has 0 saturated heterocycles. The molecule has 0 aliphatic carbocycles. The van der Waals surface area contributed by atoms with Crippen molar-refractivity contribution in [2.24, 2.45) is 5.92 Å². The molecule has 3 amide bonds. The van der Waals surface area contributed by atoms with Gasteiger partial charge in [-0.05, 0) is 54.8 Å². The molecule has 3 aromatic carbocycles. The minimum Gasteiger partial charge on any atom is -0.515 e. The van der Waals surface area contributed by atoms with Gasteiger partial charge in [0.2, 0.25) is 11.8 Å². The molecule has 0 atom stereocenters. The van der Waals surface area contributed by atoms with Crippen LogP contribution >= 0.6 is 21.6 Å². The fraction of sp³-hybridized carbons (Fsp3) is 0.303. The van der Waals surface area contributed by atoms with E-state index < -0.39 is 5.92 Å². The minimum atomic E-state index is -0.823. The lowest BCUT2D eigenvalue weighted by atomic mass is 9.99. The maximum Gasteiger partial charge on any atom is 0.250 e. The molecule has 0 bridgehead atoms. The second-order valence-corrected chi connectivity index (χ2v) is 12.4. The molecule has 11 heteroatoms. The normalized spacial score (nSPS) is 11.1. The van der Waals surface area contributed by atoms with Crippen LogP contribution in [-0.4, -0.2) is 55.1 Å². The summed E-state index contributed by atoms with van der Waals surface area (Å²) < 4.78 is 10.5. The molecule has 0 heterocycles. The van der Waals surface area contributed by atoms with Crippen molar-refractivity contribution in [3.63, 3.8) is 0 Å². The van der Waals surface area contributed by atoms with Crippen LogP contribution in [0.3, 0.4) is 0 Å². The van der Waals surface area contributed by atoms with E-state index in [-0.39, 0.29) is 29.7 Å². The molecular formula is C33H39N3O6S2. The summed E-state index contributed by atoms with van der Waals surface area (Å²) in [5.74, 6) is 0.858. The molecule has 44 heavy (non-hydrogen) atoms. The van der Waals surface area contributed by atoms with Crippen molar-refractivity contribution in [3.8, 4) is 11.5 Å². The van der Waals surface area contributed by atoms with Crippen LogP contribution in [0.2, 0.25) is 0 Å². The third-order valence-corrected chi connectivity index (χ3v) is 9.02. The Labute approximate surface area is 266 Å². The molecule has 0 aliphatic heterocycles. The number of hydrogen-bond acceptors (Lipinski definition) is 8. The number of rotatable bonds is 18. The highest BCUT2D eigenvalue weighted by atomic mass is 33.1. The molecule has 0 saturated carbocycles. The first kappa shape index (κ1) is 34.4. The second-order valence-electron chi connectivity index (χ2n) is 9.68. The maximum atomic E-state index is 13.0. The predicted octanol–water partition coefficient (Wildman–Crippen LogP) is 6.25. The van der Waals surface area contributed by atoms with Crippen molar-refractivity contribution in [3.05, 3.63) is 96.3 Å². The Bertz CT molecular complexity index is 1320. The zero-order chi connectivity index (χ0) is 31.6. The predicted molar refractivity (Wildman–Crippen MR) is 179 cm³/mol. The number of para-hydroxylation sites is 2. The highest BCUT2D eigenvalue weighted by molar-refractivity contribution is 8.76. The fourth-order valence-electron chi connectivity index (χ4n) is 4.23. The highest BCUT2D eigenvalue weighted by Crippen LogP contribution is 2.28. The number of carbonyl (C=O) groups excluding carboxylic acids is 3. The number of aliphatic hydroxyl groups excluding tert-OH is 1. The number of hydrogen-bond donors (Lipinski definition) is 4. The molecule has 3 rings (SSSR count). The highest BCUT2D eigenvalue weighted by Gasteiger charge is 2.26. The van der Waals surface area contributed by atoms with Crippen LogP contribution in [0.1, 0.15) is 24.8 Å². The number of amides is 3. The van der Waals surface area contributed by atoms with Crippen LogP contribution in [0.5, 0.6) is 11.5 Å². The van der Waals surface area contributed by atoms with E-state index in [1.807, 2.05) is 42.5 Å². The zero-order valence-corrected chi connectivity index (χ0v) is 26.5. The van der Waals surface area contributed by atoms with Gasteiger partial charge in [0.15, 0.2) is 11.5 Å². The van der Waals surface area contributed by atoms with E-state index in [0.717, 1.165) is 24.0 Å². The molecule has 234 valence electrons. The van der Waals surface area contributed by atoms with Gasteiger partial charge in [-0.25, -0.2) is 0 Å². The Morgan fingerprint density at radius 2 is 1.39 bits per heavy atom. The van der Waals surface area contributed by atoms with E-state index in [9.17, 15) is 19.5 Å². The number of anilines is 2. The van der Waals surface area contributed by atoms with Gasteiger partial charge in [0, 0.05) is 35.8 Å². The number of benzene rings is 3. The van der Waals surface area contributed by atoms with Crippen molar-refractivity contribution in [2.45, 2.75) is 25.7 Å². The van der Waals surface area contributed by atoms with Gasteiger partial charge in [0.1, 0.15) is 5.92 Å². The number of unbranched alkanes of at least 4 members (excludes halogenated alkanes) is 1. The lowest BCUT2D eigenvalue weighted by Crippen LogP contribution is -2.34. The van der Waals surface area contributed by atoms with E-state index in [1.165, 1.54) is 0 Å². The molecule has 0 radical (unpaired) electrons. The number of ether oxygens (including phenoxy) is 2. The molecule has 9 nitrogen and oxygen atoms in total. The number of carbonyl (C=O) groups is 3. The van der Waals surface area contributed by atoms with Crippen LogP contribution in [0, 0.1) is 5.92 Å². The van der Waals surface area contributed by atoms with Gasteiger partial charge in [-0.1, -0.05) is 70.5 Å². The first-order valence-electron chi connectivity index (χ1n) is 14.2. The fourth-order valence-corrected chi connectivity index (χ4v) is 6.28. The van der Waals surface area contributed by atoms with Crippen molar-refractivity contribution in [1.29, 1.82) is 0 Å². The lowest BCUT2D eigenvalue weighted by Gasteiger charge is -2.17. The number of nitrogens with one attached hydrogen (secondary N) is 3. The Morgan fingerprint density at radius 1 is 0.795 bits per heavy atom. The van der Waals surface area contributed by atoms with Gasteiger partial charge in [-0.2, -0.15) is 0 Å². The summed E-state index contributed by atoms with van der Waals surface area (Å²) in [6.07, 6.45) is 3.05. The summed E-state index contributed by atoms with van der Waals surface area (Å²) in [5.41, 5.74) is 2.35. The van der Waals surface area contributed by atoms with Gasteiger partial charge in [-0.3, -0.25) is 14.4 Å². The third-order valence-electron chi connectivity index (χ3n) is 6.53. The van der Waals surface area contributed by atoms with Crippen LogP contribution in [0.25, 0.3) is 0 Å². The summed E-state index contributed by atoms with van der Waals surface area (Å²) in [5, 5.41) is 18.2. The maximum absolute atomic E-state index is 13.0. The van der Waals surface area contributed by atoms with Crippen LogP contribution in [0.15, 0.2) is 90.7 Å². The third kappa shape index (κ3) is 11.5. The Hall–Kier alpha value is -4.09. The zero-order valence-electron chi connectivity index (χ0n) is 24.9. The lowest BCUT2D eigenvalue weighted by molar-refractivity contribution is -0.129. The topological polar surface area (TPSA) is 126 Å². The molecular weight excluding hydrogens is 599 g/mol. The van der Waals surface area contributed by atoms with Crippen molar-refractivity contribution >= 4 is 50.7 Å². The molecule has 0 unspecified atom stereocenters. The van der Waals surface area contributed by atoms with Gasteiger partial charge >= 0.3 is 0 Å². The largest absolute Gasteiger partial charge is 0.515 e. The Morgan fingerprint density at radius 3 is 1.95 bits per heavy atom. The first-order chi connectivity index (χ1) is 21.4. The van der Waals surface area contributed by atoms with Crippen LogP contribution in [0.4, 0.5) is 11.4 Å². The van der Waals surface area contributed by atoms with Gasteiger partial charge < -0.3 is 30.5 Å². The summed E-state index contributed by atoms with van der Waals surface area (Å²) in [7, 11) is 6.41. The second kappa shape index (κ2) is 19.2. The van der Waals surface area contributed by atoms with E-state index >= 15 is 0 Å². The number of methoxy groups -OCH3 is 2. The SMILES string of the molecule is COc1ccc(C/C(=C\O)C(=O)NCCSSCCCCC(C(=O)Nc2ccccc2)C(=O)Nc2ccccc2)cc1OC. The quantitative estimate of drug-likeness (QED) is 0.0424. The molecule has 0 fully saturated rings. The van der Waals surface area contributed by atoms with Crippen molar-refractivity contribution in [1.82, 2.24) is 5.32 Å². The standard InChI is InChI=1S/C33H39N3O6S2/c1-41-29-17-16-24(22-30(29)42-2)21-25(23-37)31(38)34-18-20-44-43-19-10-9-15-28(32(39)35-26-11-5-3-6-12-26)33(40)36-27-13-7-4-8-14-27/h3-8,11-14,16-17,22-23,28,37H,9-10,15,18-21H2,1-2H3,(H,34,38)(H,35,39)(H,36,40)/b25-23+. The van der Waals surface area contributed by atoms with Crippen LogP contribution in [-0.2, 0) is 20.8 Å². The Kier molecular flexibility index (Phi) is 15.0. The summed E-state index contributed by atoms with van der Waals surface area (Å²) in [6.45, 7) is 0.446. The van der Waals surface area contributed by atoms with Gasteiger partial charge in [0.25, 0.3) is 5.91 Å². The van der Waals surface area contributed by atoms with Crippen molar-refractivity contribution < 1.29 is 29.0 Å². The van der Waals surface area contributed by atoms with Gasteiger partial charge in [-0.15, -0.1) is 0 Å². The first-order valence-corrected chi connectivity index (χ1v) is 16.7. The van der Waals surface area contributed by atoms with E-state index in [2.05, 4.69) is 16.0 Å². The molecule has 0 aromatic heterocycles. The summed E-state index contributed by atoms with van der Waals surface area (Å²) in [6, 6.07) is 23.6. The molecule has 0 aliphatic rings. The minimum absolute atomic E-state index is 0.247. The summed E-state index contributed by atoms with van der Waals surface area (Å²) >= 11 is 0. The Balaban J connectivity index is 1.36. The molecule has 0 spiro atoms. The monoisotopic (exact) mass is 637 g/mol. The van der Waals surface area contributed by atoms with E-state index in [4.69, 9.17) is 9.47 Å². The van der Waals surface area contributed by atoms with Crippen molar-refractivity contribution in [2.75, 3.05) is 42.9 Å². The molecule has 4 N–H and O–H groups in total. The average Bonchev–Trinajstić information content (AvgIpc) is 3.05. The molecule has 3 aromatic rings. The van der Waals surface area contributed by atoms with E-state index in [0.29, 0.717) is 48.0 Å². The smallest absolute Gasteiger partial charge is 0.250 e. The summed E-state index contributed by atoms with van der Waals surface area (Å²) in [4.78, 5) is 38.6.